The number of aliphatic hydroxyl groups excluding tert-OH is 1. The number of piperazine rings is 1. The molecule has 0 aromatic carbocycles. The molecule has 0 spiro atoms. The SMILES string of the molecule is CC(C)CCN1C(C)CN(C)C(=O)C1CO. The predicted molar refractivity (Wildman–Crippen MR) is 64.1 cm³/mol. The number of carbonyl (C=O) groups is 1. The van der Waals surface area contributed by atoms with E-state index in [1.54, 1.807) is 11.9 Å². The lowest BCUT2D eigenvalue weighted by Crippen LogP contribution is -2.61. The molecule has 0 aromatic rings. The third-order valence-electron chi connectivity index (χ3n) is 3.30. The maximum atomic E-state index is 11.9. The fraction of sp³-hybridized carbons (Fsp3) is 0.917. The van der Waals surface area contributed by atoms with Crippen molar-refractivity contribution in [1.29, 1.82) is 0 Å². The van der Waals surface area contributed by atoms with Crippen LogP contribution in [0.15, 0.2) is 0 Å². The van der Waals surface area contributed by atoms with Gasteiger partial charge in [0.15, 0.2) is 0 Å². The first-order chi connectivity index (χ1) is 7.47. The predicted octanol–water partition coefficient (Wildman–Crippen LogP) is 0.556. The molecule has 0 saturated carbocycles. The van der Waals surface area contributed by atoms with Crippen LogP contribution in [0.25, 0.3) is 0 Å². The lowest BCUT2D eigenvalue weighted by Gasteiger charge is -2.43. The molecule has 16 heavy (non-hydrogen) atoms. The summed E-state index contributed by atoms with van der Waals surface area (Å²) in [7, 11) is 1.81. The summed E-state index contributed by atoms with van der Waals surface area (Å²) in [5, 5.41) is 9.34. The number of amides is 1. The van der Waals surface area contributed by atoms with Gasteiger partial charge in [0.1, 0.15) is 6.04 Å². The molecule has 4 heteroatoms. The molecule has 1 amide bonds. The molecule has 0 aliphatic carbocycles. The van der Waals surface area contributed by atoms with E-state index in [0.717, 1.165) is 19.5 Å². The van der Waals surface area contributed by atoms with Crippen molar-refractivity contribution in [2.24, 2.45) is 5.92 Å². The van der Waals surface area contributed by atoms with Crippen LogP contribution in [0.3, 0.4) is 0 Å². The van der Waals surface area contributed by atoms with E-state index in [4.69, 9.17) is 0 Å². The second kappa shape index (κ2) is 5.64. The van der Waals surface area contributed by atoms with Crippen LogP contribution in [0, 0.1) is 5.92 Å². The smallest absolute Gasteiger partial charge is 0.242 e. The molecular formula is C12H24N2O2. The first-order valence-electron chi connectivity index (χ1n) is 6.09. The first kappa shape index (κ1) is 13.5. The summed E-state index contributed by atoms with van der Waals surface area (Å²) in [4.78, 5) is 15.7. The van der Waals surface area contributed by atoms with Gasteiger partial charge in [0.2, 0.25) is 5.91 Å². The Morgan fingerprint density at radius 3 is 2.62 bits per heavy atom. The Kier molecular flexibility index (Phi) is 4.74. The highest BCUT2D eigenvalue weighted by Gasteiger charge is 2.36. The number of hydrogen-bond donors (Lipinski definition) is 1. The minimum Gasteiger partial charge on any atom is -0.394 e. The van der Waals surface area contributed by atoms with E-state index in [1.807, 2.05) is 0 Å². The van der Waals surface area contributed by atoms with Crippen LogP contribution in [0.4, 0.5) is 0 Å². The molecule has 1 aliphatic heterocycles. The van der Waals surface area contributed by atoms with Gasteiger partial charge in [0, 0.05) is 19.6 Å². The molecule has 1 saturated heterocycles. The molecule has 0 aromatic heterocycles. The van der Waals surface area contributed by atoms with Gasteiger partial charge in [0.05, 0.1) is 6.61 Å². The highest BCUT2D eigenvalue weighted by molar-refractivity contribution is 5.82. The fourth-order valence-corrected chi connectivity index (χ4v) is 2.26. The lowest BCUT2D eigenvalue weighted by atomic mass is 10.0. The van der Waals surface area contributed by atoms with E-state index >= 15 is 0 Å². The van der Waals surface area contributed by atoms with Crippen LogP contribution in [0.5, 0.6) is 0 Å². The van der Waals surface area contributed by atoms with E-state index in [9.17, 15) is 9.90 Å². The van der Waals surface area contributed by atoms with Crippen molar-refractivity contribution in [3.8, 4) is 0 Å². The second-order valence-electron chi connectivity index (χ2n) is 5.19. The lowest BCUT2D eigenvalue weighted by molar-refractivity contribution is -0.145. The van der Waals surface area contributed by atoms with E-state index in [2.05, 4.69) is 25.7 Å². The molecule has 2 unspecified atom stereocenters. The number of rotatable bonds is 4. The van der Waals surface area contributed by atoms with Crippen LogP contribution in [0.2, 0.25) is 0 Å². The number of likely N-dealkylation sites (N-methyl/N-ethyl adjacent to an activating group) is 1. The average molecular weight is 228 g/mol. The van der Waals surface area contributed by atoms with Gasteiger partial charge in [-0.25, -0.2) is 0 Å². The third-order valence-corrected chi connectivity index (χ3v) is 3.30. The Hall–Kier alpha value is -0.610. The number of aliphatic hydroxyl groups is 1. The largest absolute Gasteiger partial charge is 0.394 e. The van der Waals surface area contributed by atoms with Crippen LogP contribution < -0.4 is 0 Å². The number of nitrogens with zero attached hydrogens (tertiary/aromatic N) is 2. The molecular weight excluding hydrogens is 204 g/mol. The normalized spacial score (nSPS) is 27.9. The summed E-state index contributed by atoms with van der Waals surface area (Å²) >= 11 is 0. The van der Waals surface area contributed by atoms with Crippen molar-refractivity contribution >= 4 is 5.91 Å². The zero-order chi connectivity index (χ0) is 12.3. The molecule has 1 aliphatic rings. The van der Waals surface area contributed by atoms with Gasteiger partial charge in [0.25, 0.3) is 0 Å². The fourth-order valence-electron chi connectivity index (χ4n) is 2.26. The standard InChI is InChI=1S/C12H24N2O2/c1-9(2)5-6-14-10(3)7-13(4)12(16)11(14)8-15/h9-11,15H,5-8H2,1-4H3. The van der Waals surface area contributed by atoms with Gasteiger partial charge in [-0.05, 0) is 25.8 Å². The van der Waals surface area contributed by atoms with Gasteiger partial charge in [-0.2, -0.15) is 0 Å². The van der Waals surface area contributed by atoms with Gasteiger partial charge in [-0.1, -0.05) is 13.8 Å². The Morgan fingerprint density at radius 1 is 1.50 bits per heavy atom. The summed E-state index contributed by atoms with van der Waals surface area (Å²) in [6.45, 7) is 8.04. The summed E-state index contributed by atoms with van der Waals surface area (Å²) in [5.74, 6) is 0.672. The van der Waals surface area contributed by atoms with Crippen molar-refractivity contribution in [3.05, 3.63) is 0 Å². The summed E-state index contributed by atoms with van der Waals surface area (Å²) in [6, 6.07) is -0.00824. The molecule has 0 bridgehead atoms. The van der Waals surface area contributed by atoms with Crippen LogP contribution in [0.1, 0.15) is 27.2 Å². The van der Waals surface area contributed by atoms with Crippen LogP contribution in [-0.4, -0.2) is 59.6 Å². The maximum absolute atomic E-state index is 11.9. The third kappa shape index (κ3) is 2.95. The highest BCUT2D eigenvalue weighted by atomic mass is 16.3. The van der Waals surface area contributed by atoms with E-state index < -0.39 is 0 Å². The zero-order valence-electron chi connectivity index (χ0n) is 10.8. The molecule has 1 heterocycles. The minimum atomic E-state index is -0.340. The Morgan fingerprint density at radius 2 is 2.12 bits per heavy atom. The van der Waals surface area contributed by atoms with Gasteiger partial charge in [-0.15, -0.1) is 0 Å². The monoisotopic (exact) mass is 228 g/mol. The number of hydrogen-bond acceptors (Lipinski definition) is 3. The quantitative estimate of drug-likeness (QED) is 0.764. The van der Waals surface area contributed by atoms with Crippen molar-refractivity contribution < 1.29 is 9.90 Å². The summed E-state index contributed by atoms with van der Waals surface area (Å²) < 4.78 is 0. The molecule has 4 nitrogen and oxygen atoms in total. The van der Waals surface area contributed by atoms with Crippen molar-refractivity contribution in [3.63, 3.8) is 0 Å². The van der Waals surface area contributed by atoms with Crippen molar-refractivity contribution in [1.82, 2.24) is 9.80 Å². The van der Waals surface area contributed by atoms with Crippen LogP contribution in [-0.2, 0) is 4.79 Å². The second-order valence-corrected chi connectivity index (χ2v) is 5.19. The molecule has 94 valence electrons. The first-order valence-corrected chi connectivity index (χ1v) is 6.09. The van der Waals surface area contributed by atoms with Gasteiger partial charge < -0.3 is 10.0 Å². The van der Waals surface area contributed by atoms with Crippen molar-refractivity contribution in [2.45, 2.75) is 39.3 Å². The molecule has 0 radical (unpaired) electrons. The molecule has 1 N–H and O–H groups in total. The maximum Gasteiger partial charge on any atom is 0.242 e. The van der Waals surface area contributed by atoms with E-state index in [-0.39, 0.29) is 18.6 Å². The topological polar surface area (TPSA) is 43.8 Å². The molecule has 1 rings (SSSR count). The van der Waals surface area contributed by atoms with Gasteiger partial charge >= 0.3 is 0 Å². The Bertz CT molecular complexity index is 243. The molecule has 2 atom stereocenters. The zero-order valence-corrected chi connectivity index (χ0v) is 10.8. The average Bonchev–Trinajstić information content (AvgIpc) is 2.21. The molecule has 1 fully saturated rings. The van der Waals surface area contributed by atoms with Crippen molar-refractivity contribution in [2.75, 3.05) is 26.7 Å². The van der Waals surface area contributed by atoms with Gasteiger partial charge in [-0.3, -0.25) is 9.69 Å². The Labute approximate surface area is 98.2 Å². The summed E-state index contributed by atoms with van der Waals surface area (Å²) in [5.41, 5.74) is 0. The Balaban J connectivity index is 2.67. The summed E-state index contributed by atoms with van der Waals surface area (Å²) in [6.07, 6.45) is 1.07. The number of carbonyl (C=O) groups excluding carboxylic acids is 1. The minimum absolute atomic E-state index is 0.0457. The van der Waals surface area contributed by atoms with E-state index in [0.29, 0.717) is 12.0 Å². The highest BCUT2D eigenvalue weighted by Crippen LogP contribution is 2.17. The van der Waals surface area contributed by atoms with E-state index in [1.165, 1.54) is 0 Å². The van der Waals surface area contributed by atoms with Crippen LogP contribution >= 0.6 is 0 Å².